The van der Waals surface area contributed by atoms with Crippen LogP contribution in [-0.2, 0) is 19.5 Å². The second-order valence-corrected chi connectivity index (χ2v) is 7.69. The van der Waals surface area contributed by atoms with Crippen LogP contribution in [0.3, 0.4) is 0 Å². The van der Waals surface area contributed by atoms with Crippen molar-refractivity contribution in [2.45, 2.75) is 32.2 Å². The molecule has 0 aliphatic rings. The summed E-state index contributed by atoms with van der Waals surface area (Å²) in [6.07, 6.45) is 4.34. The number of aliphatic hydroxyl groups excluding tert-OH is 1. The van der Waals surface area contributed by atoms with Gasteiger partial charge in [-0.2, -0.15) is 0 Å². The number of rotatable bonds is 11. The molecule has 1 atom stereocenters. The van der Waals surface area contributed by atoms with Crippen molar-refractivity contribution in [1.29, 1.82) is 0 Å². The minimum Gasteiger partial charge on any atom is -0.493 e. The number of nitrogens with zero attached hydrogens (tertiary/aromatic N) is 3. The summed E-state index contributed by atoms with van der Waals surface area (Å²) in [5.41, 5.74) is 4.46. The number of para-hydroxylation sites is 1. The van der Waals surface area contributed by atoms with E-state index in [-0.39, 0.29) is 0 Å². The topological polar surface area (TPSA) is 73.9 Å². The number of aromatic nitrogens is 2. The molecular weight excluding hydrogens is 392 g/mol. The number of hydrogen-bond donors (Lipinski definition) is 2. The molecule has 1 aromatic heterocycles. The molecule has 0 aliphatic heterocycles. The third kappa shape index (κ3) is 5.99. The largest absolute Gasteiger partial charge is 0.493 e. The fourth-order valence-corrected chi connectivity index (χ4v) is 3.66. The molecule has 0 saturated carbocycles. The van der Waals surface area contributed by atoms with Gasteiger partial charge in [-0.25, -0.2) is 4.98 Å². The molecule has 3 aromatic rings. The Morgan fingerprint density at radius 3 is 2.52 bits per heavy atom. The monoisotopic (exact) mass is 424 g/mol. The van der Waals surface area contributed by atoms with Crippen LogP contribution in [0, 0.1) is 0 Å². The van der Waals surface area contributed by atoms with Crippen LogP contribution in [0.4, 0.5) is 5.69 Å². The number of methoxy groups -OCH3 is 2. The minimum absolute atomic E-state index is 0.556. The number of hydrogen-bond acceptors (Lipinski definition) is 6. The van der Waals surface area contributed by atoms with Crippen LogP contribution < -0.4 is 14.4 Å². The Balaban J connectivity index is 1.60. The first-order valence-electron chi connectivity index (χ1n) is 10.4. The number of aliphatic hydroxyl groups is 1. The van der Waals surface area contributed by atoms with E-state index >= 15 is 0 Å². The summed E-state index contributed by atoms with van der Waals surface area (Å²) in [4.78, 5) is 11.4. The fraction of sp³-hybridized carbons (Fsp3) is 0.375. The zero-order valence-corrected chi connectivity index (χ0v) is 18.7. The van der Waals surface area contributed by atoms with Gasteiger partial charge in [-0.15, -0.1) is 0 Å². The van der Waals surface area contributed by atoms with Crippen LogP contribution in [0.2, 0.25) is 0 Å². The van der Waals surface area contributed by atoms with Crippen LogP contribution in [-0.4, -0.2) is 54.5 Å². The molecule has 2 N–H and O–H groups in total. The molecule has 166 valence electrons. The van der Waals surface area contributed by atoms with E-state index in [0.29, 0.717) is 24.5 Å². The smallest absolute Gasteiger partial charge is 0.160 e. The van der Waals surface area contributed by atoms with Crippen molar-refractivity contribution >= 4 is 5.69 Å². The molecule has 0 fully saturated rings. The van der Waals surface area contributed by atoms with E-state index < -0.39 is 6.23 Å². The van der Waals surface area contributed by atoms with Crippen molar-refractivity contribution in [2.75, 3.05) is 33.2 Å². The van der Waals surface area contributed by atoms with Crippen molar-refractivity contribution in [3.63, 3.8) is 0 Å². The highest BCUT2D eigenvalue weighted by Gasteiger charge is 2.16. The predicted octanol–water partition coefficient (Wildman–Crippen LogP) is 3.45. The van der Waals surface area contributed by atoms with Gasteiger partial charge in [-0.05, 0) is 49.2 Å². The highest BCUT2D eigenvalue weighted by molar-refractivity contribution is 5.53. The number of imidazole rings is 1. The second kappa shape index (κ2) is 10.8. The van der Waals surface area contributed by atoms with Crippen LogP contribution in [0.25, 0.3) is 0 Å². The molecule has 0 bridgehead atoms. The number of benzene rings is 2. The highest BCUT2D eigenvalue weighted by atomic mass is 16.5. The zero-order valence-electron chi connectivity index (χ0n) is 18.7. The Morgan fingerprint density at radius 2 is 1.81 bits per heavy atom. The predicted molar refractivity (Wildman–Crippen MR) is 122 cm³/mol. The second-order valence-electron chi connectivity index (χ2n) is 7.69. The summed E-state index contributed by atoms with van der Waals surface area (Å²) in [7, 11) is 7.27. The zero-order chi connectivity index (χ0) is 22.2. The summed E-state index contributed by atoms with van der Waals surface area (Å²) in [6.45, 7) is 1.39. The SMILES string of the molecule is COc1ccc(CCC(O)N(C)Cc2ccccc2N(C)Cc2cnc[nH]2)cc1OC. The lowest BCUT2D eigenvalue weighted by molar-refractivity contribution is 0.0108. The van der Waals surface area contributed by atoms with E-state index in [4.69, 9.17) is 9.47 Å². The number of nitrogens with one attached hydrogen (secondary N) is 1. The maximum atomic E-state index is 10.7. The van der Waals surface area contributed by atoms with Crippen molar-refractivity contribution in [3.8, 4) is 11.5 Å². The Morgan fingerprint density at radius 1 is 1.03 bits per heavy atom. The van der Waals surface area contributed by atoms with Crippen LogP contribution in [0.1, 0.15) is 23.2 Å². The normalized spacial score (nSPS) is 12.1. The molecule has 1 heterocycles. The van der Waals surface area contributed by atoms with Gasteiger partial charge in [0.05, 0.1) is 32.8 Å². The Labute approximate surface area is 184 Å². The molecule has 2 aromatic carbocycles. The molecule has 0 spiro atoms. The van der Waals surface area contributed by atoms with Gasteiger partial charge in [-0.1, -0.05) is 24.3 Å². The van der Waals surface area contributed by atoms with Gasteiger partial charge in [-0.3, -0.25) is 4.90 Å². The maximum absolute atomic E-state index is 10.7. The summed E-state index contributed by atoms with van der Waals surface area (Å²) in [5, 5.41) is 10.7. The molecule has 3 rings (SSSR count). The van der Waals surface area contributed by atoms with E-state index in [1.165, 1.54) is 0 Å². The number of anilines is 1. The van der Waals surface area contributed by atoms with Crippen molar-refractivity contribution in [2.24, 2.45) is 0 Å². The van der Waals surface area contributed by atoms with Crippen LogP contribution >= 0.6 is 0 Å². The van der Waals surface area contributed by atoms with Gasteiger partial charge in [0.25, 0.3) is 0 Å². The third-order valence-electron chi connectivity index (χ3n) is 5.43. The van der Waals surface area contributed by atoms with Crippen LogP contribution in [0.15, 0.2) is 55.0 Å². The molecule has 7 heteroatoms. The van der Waals surface area contributed by atoms with E-state index in [1.807, 2.05) is 48.5 Å². The lowest BCUT2D eigenvalue weighted by atomic mass is 10.1. The lowest BCUT2D eigenvalue weighted by Gasteiger charge is -2.27. The Bertz CT molecular complexity index is 946. The van der Waals surface area contributed by atoms with E-state index in [0.717, 1.165) is 35.5 Å². The Hall–Kier alpha value is -3.03. The van der Waals surface area contributed by atoms with Gasteiger partial charge >= 0.3 is 0 Å². The third-order valence-corrected chi connectivity index (χ3v) is 5.43. The molecule has 7 nitrogen and oxygen atoms in total. The number of H-pyrrole nitrogens is 1. The van der Waals surface area contributed by atoms with Gasteiger partial charge in [0, 0.05) is 25.5 Å². The van der Waals surface area contributed by atoms with Crippen LogP contribution in [0.5, 0.6) is 11.5 Å². The molecule has 0 amide bonds. The molecular formula is C24H32N4O3. The first kappa shape index (κ1) is 22.7. The van der Waals surface area contributed by atoms with Gasteiger partial charge < -0.3 is 24.5 Å². The maximum Gasteiger partial charge on any atom is 0.160 e. The lowest BCUT2D eigenvalue weighted by Crippen LogP contribution is -2.32. The summed E-state index contributed by atoms with van der Waals surface area (Å²) in [6, 6.07) is 14.2. The molecule has 0 radical (unpaired) electrons. The number of aryl methyl sites for hydroxylation is 1. The Kier molecular flexibility index (Phi) is 7.92. The van der Waals surface area contributed by atoms with E-state index in [2.05, 4.69) is 34.0 Å². The summed E-state index contributed by atoms with van der Waals surface area (Å²) < 4.78 is 10.7. The average molecular weight is 425 g/mol. The quantitative estimate of drug-likeness (QED) is 0.460. The summed E-state index contributed by atoms with van der Waals surface area (Å²) >= 11 is 0. The highest BCUT2D eigenvalue weighted by Crippen LogP contribution is 2.28. The van der Waals surface area contributed by atoms with Gasteiger partial charge in [0.1, 0.15) is 6.23 Å². The first-order chi connectivity index (χ1) is 15.0. The number of ether oxygens (including phenoxy) is 2. The van der Waals surface area contributed by atoms with E-state index in [9.17, 15) is 5.11 Å². The molecule has 0 aliphatic carbocycles. The minimum atomic E-state index is -0.556. The number of aromatic amines is 1. The van der Waals surface area contributed by atoms with Crippen molar-refractivity contribution in [1.82, 2.24) is 14.9 Å². The van der Waals surface area contributed by atoms with Crippen molar-refractivity contribution in [3.05, 3.63) is 71.8 Å². The van der Waals surface area contributed by atoms with E-state index in [1.54, 1.807) is 20.5 Å². The van der Waals surface area contributed by atoms with Crippen molar-refractivity contribution < 1.29 is 14.6 Å². The van der Waals surface area contributed by atoms with Gasteiger partial charge in [0.15, 0.2) is 11.5 Å². The average Bonchev–Trinajstić information content (AvgIpc) is 3.30. The van der Waals surface area contributed by atoms with Gasteiger partial charge in [0.2, 0.25) is 0 Å². The molecule has 1 unspecified atom stereocenters. The summed E-state index contributed by atoms with van der Waals surface area (Å²) in [5.74, 6) is 1.41. The standard InChI is InChI=1S/C24H32N4O3/c1-27(16-20-14-25-17-26-20)21-8-6-5-7-19(21)15-28(2)24(29)12-10-18-9-11-22(30-3)23(13-18)31-4/h5-9,11,13-14,17,24,29H,10,12,15-16H2,1-4H3,(H,25,26). The first-order valence-corrected chi connectivity index (χ1v) is 10.4. The fourth-order valence-electron chi connectivity index (χ4n) is 3.66. The molecule has 31 heavy (non-hydrogen) atoms. The molecule has 0 saturated heterocycles.